The Labute approximate surface area is 254 Å². The lowest BCUT2D eigenvalue weighted by atomic mass is 10.0. The third kappa shape index (κ3) is 5.92. The van der Waals surface area contributed by atoms with Gasteiger partial charge in [0, 0.05) is 41.1 Å². The molecule has 1 atom stereocenters. The summed E-state index contributed by atoms with van der Waals surface area (Å²) in [4.78, 5) is 53.2. The fraction of sp³-hybridized carbons (Fsp3) is 0.294. The van der Waals surface area contributed by atoms with Gasteiger partial charge in [0.05, 0.1) is 24.0 Å². The Bertz CT molecular complexity index is 1980. The van der Waals surface area contributed by atoms with Crippen molar-refractivity contribution in [1.82, 2.24) is 24.1 Å². The first-order chi connectivity index (χ1) is 21.0. The third-order valence-corrected chi connectivity index (χ3v) is 7.90. The van der Waals surface area contributed by atoms with Crippen LogP contribution in [0.3, 0.4) is 0 Å². The Morgan fingerprint density at radius 3 is 2.50 bits per heavy atom. The maximum absolute atomic E-state index is 14.0. The van der Waals surface area contributed by atoms with E-state index in [-0.39, 0.29) is 35.7 Å². The van der Waals surface area contributed by atoms with Gasteiger partial charge in [0.15, 0.2) is 5.78 Å². The van der Waals surface area contributed by atoms with Crippen LogP contribution in [0.4, 0.5) is 10.1 Å². The molecule has 0 fully saturated rings. The normalized spacial score (nSPS) is 12.0. The standard InChI is InChI=1S/C34H35FN6O3/c1-7-19(3)33(43)39-28-16-36-32(27-13-23(30(42)8-2)10-9-20(27)4)41(34(28)44)18-25-15-31(38-22(6)37-25)40-17-21(5)26-14-24(35)11-12-29(26)40/h9-17,19H,7-8,18H2,1-6H3,(H,39,43)/t19-/m1/s1. The molecule has 1 amide bonds. The lowest BCUT2D eigenvalue weighted by Crippen LogP contribution is -2.30. The first kappa shape index (κ1) is 30.5. The molecular formula is C34H35FN6O3. The molecule has 0 aliphatic heterocycles. The van der Waals surface area contributed by atoms with Gasteiger partial charge >= 0.3 is 0 Å². The summed E-state index contributed by atoms with van der Waals surface area (Å²) in [6, 6.07) is 11.7. The molecule has 2 aromatic carbocycles. The molecule has 0 unspecified atom stereocenters. The number of fused-ring (bicyclic) bond motifs is 1. The van der Waals surface area contributed by atoms with Crippen molar-refractivity contribution in [2.45, 2.75) is 60.9 Å². The molecule has 0 saturated carbocycles. The van der Waals surface area contributed by atoms with E-state index in [1.165, 1.54) is 22.9 Å². The molecule has 0 aliphatic rings. The number of anilines is 1. The fourth-order valence-electron chi connectivity index (χ4n) is 5.16. The molecule has 1 N–H and O–H groups in total. The number of carbonyl (C=O) groups excluding carboxylic acids is 2. The Balaban J connectivity index is 1.66. The van der Waals surface area contributed by atoms with Gasteiger partial charge in [-0.2, -0.15) is 0 Å². The Morgan fingerprint density at radius 2 is 1.77 bits per heavy atom. The summed E-state index contributed by atoms with van der Waals surface area (Å²) in [7, 11) is 0. The van der Waals surface area contributed by atoms with Crippen LogP contribution in [0.5, 0.6) is 0 Å². The third-order valence-electron chi connectivity index (χ3n) is 7.90. The Hall–Kier alpha value is -4.99. The second-order valence-corrected chi connectivity index (χ2v) is 11.1. The van der Waals surface area contributed by atoms with E-state index >= 15 is 0 Å². The number of hydrogen-bond donors (Lipinski definition) is 1. The first-order valence-corrected chi connectivity index (χ1v) is 14.7. The molecule has 3 aromatic heterocycles. The molecule has 5 aromatic rings. The van der Waals surface area contributed by atoms with Crippen molar-refractivity contribution in [1.29, 1.82) is 0 Å². The van der Waals surface area contributed by atoms with Crippen molar-refractivity contribution in [2.75, 3.05) is 5.32 Å². The van der Waals surface area contributed by atoms with Crippen molar-refractivity contribution < 1.29 is 14.0 Å². The number of halogens is 1. The van der Waals surface area contributed by atoms with Crippen LogP contribution in [-0.2, 0) is 11.3 Å². The van der Waals surface area contributed by atoms with Crippen LogP contribution in [0.1, 0.15) is 66.6 Å². The minimum absolute atomic E-state index is 0.0166. The highest BCUT2D eigenvalue weighted by Gasteiger charge is 2.20. The predicted molar refractivity (Wildman–Crippen MR) is 169 cm³/mol. The second kappa shape index (κ2) is 12.3. The molecule has 0 radical (unpaired) electrons. The lowest BCUT2D eigenvalue weighted by Gasteiger charge is -2.17. The topological polar surface area (TPSA) is 112 Å². The number of rotatable bonds is 9. The quantitative estimate of drug-likeness (QED) is 0.200. The summed E-state index contributed by atoms with van der Waals surface area (Å²) in [6.45, 7) is 11.1. The molecule has 0 bridgehead atoms. The van der Waals surface area contributed by atoms with Crippen molar-refractivity contribution in [3.63, 3.8) is 0 Å². The van der Waals surface area contributed by atoms with E-state index in [0.717, 1.165) is 22.0 Å². The lowest BCUT2D eigenvalue weighted by molar-refractivity contribution is -0.119. The number of aryl methyl sites for hydroxylation is 3. The van der Waals surface area contributed by atoms with E-state index in [1.54, 1.807) is 45.0 Å². The van der Waals surface area contributed by atoms with Gasteiger partial charge in [0.1, 0.15) is 29.0 Å². The zero-order valence-electron chi connectivity index (χ0n) is 25.7. The van der Waals surface area contributed by atoms with Crippen LogP contribution in [-0.4, -0.2) is 35.8 Å². The average Bonchev–Trinajstić information content (AvgIpc) is 3.33. The summed E-state index contributed by atoms with van der Waals surface area (Å²) in [5, 5.41) is 3.51. The average molecular weight is 595 g/mol. The van der Waals surface area contributed by atoms with E-state index < -0.39 is 5.56 Å². The Kier molecular flexibility index (Phi) is 8.53. The van der Waals surface area contributed by atoms with Gasteiger partial charge in [0.2, 0.25) is 5.91 Å². The minimum Gasteiger partial charge on any atom is -0.320 e. The van der Waals surface area contributed by atoms with Gasteiger partial charge in [0.25, 0.3) is 5.56 Å². The molecular weight excluding hydrogens is 559 g/mol. The van der Waals surface area contributed by atoms with Gasteiger partial charge in [-0.3, -0.25) is 19.0 Å². The molecule has 3 heterocycles. The van der Waals surface area contributed by atoms with E-state index in [2.05, 4.69) is 20.3 Å². The van der Waals surface area contributed by atoms with Crippen LogP contribution < -0.4 is 10.9 Å². The van der Waals surface area contributed by atoms with Crippen molar-refractivity contribution >= 4 is 28.3 Å². The molecule has 5 rings (SSSR count). The van der Waals surface area contributed by atoms with Gasteiger partial charge in [-0.1, -0.05) is 32.9 Å². The smallest absolute Gasteiger partial charge is 0.277 e. The Morgan fingerprint density at radius 1 is 1.00 bits per heavy atom. The highest BCUT2D eigenvalue weighted by Crippen LogP contribution is 2.27. The van der Waals surface area contributed by atoms with Crippen LogP contribution in [0.25, 0.3) is 28.1 Å². The van der Waals surface area contributed by atoms with Crippen molar-refractivity contribution in [3.05, 3.63) is 99.2 Å². The van der Waals surface area contributed by atoms with Gasteiger partial charge < -0.3 is 9.88 Å². The minimum atomic E-state index is -0.450. The molecule has 0 aliphatic carbocycles. The van der Waals surface area contributed by atoms with Crippen molar-refractivity contribution in [3.8, 4) is 17.2 Å². The van der Waals surface area contributed by atoms with E-state index in [4.69, 9.17) is 0 Å². The SMILES string of the molecule is CCC(=O)c1ccc(C)c(-c2ncc(NC(=O)[C@H](C)CC)c(=O)n2Cc2cc(-n3cc(C)c4cc(F)ccc43)nc(C)n2)c1. The molecule has 10 heteroatoms. The highest BCUT2D eigenvalue weighted by atomic mass is 19.1. The maximum atomic E-state index is 14.0. The predicted octanol–water partition coefficient (Wildman–Crippen LogP) is 6.33. The number of nitrogens with zero attached hydrogens (tertiary/aromatic N) is 5. The number of aromatic nitrogens is 5. The molecule has 44 heavy (non-hydrogen) atoms. The zero-order valence-corrected chi connectivity index (χ0v) is 25.7. The fourth-order valence-corrected chi connectivity index (χ4v) is 5.16. The van der Waals surface area contributed by atoms with Crippen LogP contribution in [0.2, 0.25) is 0 Å². The molecule has 0 saturated heterocycles. The summed E-state index contributed by atoms with van der Waals surface area (Å²) in [6.07, 6.45) is 4.21. The number of carbonyl (C=O) groups is 2. The molecule has 226 valence electrons. The van der Waals surface area contributed by atoms with Crippen molar-refractivity contribution in [2.24, 2.45) is 5.92 Å². The van der Waals surface area contributed by atoms with Gasteiger partial charge in [-0.15, -0.1) is 0 Å². The van der Waals surface area contributed by atoms with E-state index in [1.807, 2.05) is 37.6 Å². The summed E-state index contributed by atoms with van der Waals surface area (Å²) in [5.41, 5.74) is 3.79. The molecule has 0 spiro atoms. The number of nitrogens with one attached hydrogen (secondary N) is 1. The van der Waals surface area contributed by atoms with Gasteiger partial charge in [-0.25, -0.2) is 19.3 Å². The number of benzene rings is 2. The van der Waals surface area contributed by atoms with Crippen LogP contribution >= 0.6 is 0 Å². The van der Waals surface area contributed by atoms with E-state index in [0.29, 0.717) is 47.1 Å². The first-order valence-electron chi connectivity index (χ1n) is 14.7. The summed E-state index contributed by atoms with van der Waals surface area (Å²) in [5.74, 6) is 0.476. The monoisotopic (exact) mass is 594 g/mol. The molecule has 9 nitrogen and oxygen atoms in total. The summed E-state index contributed by atoms with van der Waals surface area (Å²) >= 11 is 0. The largest absolute Gasteiger partial charge is 0.320 e. The number of Topliss-reactive ketones (excluding diaryl/α,β-unsaturated/α-hetero) is 1. The number of hydrogen-bond acceptors (Lipinski definition) is 6. The maximum Gasteiger partial charge on any atom is 0.277 e. The summed E-state index contributed by atoms with van der Waals surface area (Å²) < 4.78 is 17.3. The highest BCUT2D eigenvalue weighted by molar-refractivity contribution is 5.97. The zero-order chi connectivity index (χ0) is 31.7. The number of ketones is 1. The second-order valence-electron chi connectivity index (χ2n) is 11.1. The van der Waals surface area contributed by atoms with E-state index in [9.17, 15) is 18.8 Å². The van der Waals surface area contributed by atoms with Crippen LogP contribution in [0, 0.1) is 32.5 Å². The van der Waals surface area contributed by atoms with Gasteiger partial charge in [-0.05, 0) is 62.6 Å². The number of amides is 1. The van der Waals surface area contributed by atoms with Crippen LogP contribution in [0.15, 0.2) is 59.7 Å².